The molecule has 0 saturated carbocycles. The fourth-order valence-corrected chi connectivity index (χ4v) is 2.29. The van der Waals surface area contributed by atoms with Crippen LogP contribution in [0.2, 0.25) is 5.02 Å². The monoisotopic (exact) mass is 367 g/mol. The Morgan fingerprint density at radius 2 is 2.10 bits per heavy atom. The van der Waals surface area contributed by atoms with Crippen LogP contribution < -0.4 is 5.43 Å². The smallest absolute Gasteiger partial charge is 0.270 e. The Hall–Kier alpha value is -1.92. The molecule has 7 heteroatoms. The van der Waals surface area contributed by atoms with Crippen LogP contribution in [0, 0.1) is 10.1 Å². The Bertz CT molecular complexity index is 692. The third kappa shape index (κ3) is 4.27. The molecule has 0 aliphatic heterocycles. The van der Waals surface area contributed by atoms with Crippen molar-refractivity contribution >= 4 is 39.4 Å². The van der Waals surface area contributed by atoms with E-state index in [-0.39, 0.29) is 5.69 Å². The fourth-order valence-electron chi connectivity index (χ4n) is 1.62. The second kappa shape index (κ2) is 7.19. The topological polar surface area (TPSA) is 67.5 Å². The summed E-state index contributed by atoms with van der Waals surface area (Å²) in [7, 11) is 0. The minimum atomic E-state index is -0.443. The predicted molar refractivity (Wildman–Crippen MR) is 86.7 cm³/mol. The van der Waals surface area contributed by atoms with Crippen LogP contribution in [0.4, 0.5) is 5.69 Å². The molecule has 5 nitrogen and oxygen atoms in total. The summed E-state index contributed by atoms with van der Waals surface area (Å²) in [4.78, 5) is 10.2. The number of benzene rings is 2. The normalized spacial score (nSPS) is 10.8. The minimum Gasteiger partial charge on any atom is -0.306 e. The zero-order chi connectivity index (χ0) is 15.2. The van der Waals surface area contributed by atoms with Gasteiger partial charge in [-0.15, -0.1) is 0 Å². The predicted octanol–water partition coefficient (Wildman–Crippen LogP) is 4.13. The average Bonchev–Trinajstić information content (AvgIpc) is 2.46. The van der Waals surface area contributed by atoms with Crippen LogP contribution >= 0.6 is 27.5 Å². The second-order valence-electron chi connectivity index (χ2n) is 4.15. The lowest BCUT2D eigenvalue weighted by molar-refractivity contribution is -0.384. The van der Waals surface area contributed by atoms with Crippen molar-refractivity contribution in [2.75, 3.05) is 0 Å². The highest BCUT2D eigenvalue weighted by atomic mass is 79.9. The molecule has 2 rings (SSSR count). The standard InChI is InChI=1S/C14H11BrClN3O2/c15-13-7-12(19(20)21)6-5-10(13)8-17-18-9-11-3-1-2-4-14(11)16/h1-8,18H,9H2/b17-8-. The number of hydrogen-bond acceptors (Lipinski definition) is 4. The van der Waals surface area contributed by atoms with E-state index in [1.807, 2.05) is 24.3 Å². The van der Waals surface area contributed by atoms with Gasteiger partial charge in [0.1, 0.15) is 0 Å². The number of nitro groups is 1. The molecule has 2 aromatic rings. The molecule has 0 unspecified atom stereocenters. The van der Waals surface area contributed by atoms with Crippen molar-refractivity contribution in [3.8, 4) is 0 Å². The van der Waals surface area contributed by atoms with Gasteiger partial charge in [-0.1, -0.05) is 29.8 Å². The highest BCUT2D eigenvalue weighted by Crippen LogP contribution is 2.21. The van der Waals surface area contributed by atoms with Gasteiger partial charge in [-0.05, 0) is 33.6 Å². The highest BCUT2D eigenvalue weighted by Gasteiger charge is 2.07. The van der Waals surface area contributed by atoms with E-state index in [9.17, 15) is 10.1 Å². The van der Waals surface area contributed by atoms with E-state index in [0.717, 1.165) is 11.1 Å². The molecule has 0 heterocycles. The van der Waals surface area contributed by atoms with E-state index < -0.39 is 4.92 Å². The lowest BCUT2D eigenvalue weighted by Gasteiger charge is -2.03. The van der Waals surface area contributed by atoms with Gasteiger partial charge >= 0.3 is 0 Å². The lowest BCUT2D eigenvalue weighted by atomic mass is 10.2. The average molecular weight is 369 g/mol. The van der Waals surface area contributed by atoms with Gasteiger partial charge in [0.25, 0.3) is 5.69 Å². The quantitative estimate of drug-likeness (QED) is 0.490. The summed E-state index contributed by atoms with van der Waals surface area (Å²) >= 11 is 9.31. The molecular weight excluding hydrogens is 358 g/mol. The number of hydrazone groups is 1. The van der Waals surface area contributed by atoms with Crippen LogP contribution in [0.1, 0.15) is 11.1 Å². The number of non-ortho nitro benzene ring substituents is 1. The van der Waals surface area contributed by atoms with Crippen molar-refractivity contribution in [2.45, 2.75) is 6.54 Å². The van der Waals surface area contributed by atoms with Crippen molar-refractivity contribution in [2.24, 2.45) is 5.10 Å². The molecule has 2 aromatic carbocycles. The maximum atomic E-state index is 10.6. The Morgan fingerprint density at radius 3 is 2.76 bits per heavy atom. The maximum Gasteiger partial charge on any atom is 0.270 e. The van der Waals surface area contributed by atoms with E-state index in [1.54, 1.807) is 12.3 Å². The van der Waals surface area contributed by atoms with Crippen LogP contribution in [0.5, 0.6) is 0 Å². The van der Waals surface area contributed by atoms with Gasteiger partial charge in [-0.25, -0.2) is 0 Å². The molecule has 0 bridgehead atoms. The van der Waals surface area contributed by atoms with Crippen molar-refractivity contribution in [3.63, 3.8) is 0 Å². The summed E-state index contributed by atoms with van der Waals surface area (Å²) in [5, 5.41) is 15.4. The molecule has 0 aromatic heterocycles. The van der Waals surface area contributed by atoms with E-state index in [2.05, 4.69) is 26.5 Å². The maximum absolute atomic E-state index is 10.6. The summed E-state index contributed by atoms with van der Waals surface area (Å²) in [6, 6.07) is 12.0. The third-order valence-corrected chi connectivity index (χ3v) is 3.77. The molecule has 0 spiro atoms. The molecule has 0 fully saturated rings. The van der Waals surface area contributed by atoms with E-state index in [4.69, 9.17) is 11.6 Å². The van der Waals surface area contributed by atoms with Crippen LogP contribution in [0.3, 0.4) is 0 Å². The number of rotatable bonds is 5. The van der Waals surface area contributed by atoms with Crippen LogP contribution in [0.25, 0.3) is 0 Å². The summed E-state index contributed by atoms with van der Waals surface area (Å²) in [6.45, 7) is 0.501. The van der Waals surface area contributed by atoms with Crippen molar-refractivity contribution in [1.82, 2.24) is 5.43 Å². The summed E-state index contributed by atoms with van der Waals surface area (Å²) < 4.78 is 0.611. The molecule has 108 valence electrons. The molecule has 0 aliphatic carbocycles. The third-order valence-electron chi connectivity index (χ3n) is 2.72. The molecule has 0 saturated heterocycles. The lowest BCUT2D eigenvalue weighted by Crippen LogP contribution is -2.06. The number of hydrogen-bond donors (Lipinski definition) is 1. The van der Waals surface area contributed by atoms with E-state index >= 15 is 0 Å². The van der Waals surface area contributed by atoms with Gasteiger partial charge in [0.05, 0.1) is 17.7 Å². The molecule has 0 aliphatic rings. The SMILES string of the molecule is O=[N+]([O-])c1ccc(/C=N\NCc2ccccc2Cl)c(Br)c1. The molecule has 1 N–H and O–H groups in total. The molecule has 0 amide bonds. The van der Waals surface area contributed by atoms with Crippen molar-refractivity contribution < 1.29 is 4.92 Å². The van der Waals surface area contributed by atoms with E-state index in [0.29, 0.717) is 16.0 Å². The first kappa shape index (κ1) is 15.5. The first-order valence-corrected chi connectivity index (χ1v) is 7.18. The van der Waals surface area contributed by atoms with E-state index in [1.165, 1.54) is 12.1 Å². The van der Waals surface area contributed by atoms with Gasteiger partial charge in [0.2, 0.25) is 0 Å². The largest absolute Gasteiger partial charge is 0.306 e. The highest BCUT2D eigenvalue weighted by molar-refractivity contribution is 9.10. The molecule has 0 atom stereocenters. The summed E-state index contributed by atoms with van der Waals surface area (Å²) in [5.41, 5.74) is 4.60. The molecular formula is C14H11BrClN3O2. The van der Waals surface area contributed by atoms with Gasteiger partial charge in [0, 0.05) is 27.2 Å². The fraction of sp³-hybridized carbons (Fsp3) is 0.0714. The minimum absolute atomic E-state index is 0.0306. The van der Waals surface area contributed by atoms with Gasteiger partial charge in [-0.2, -0.15) is 5.10 Å². The number of nitrogens with zero attached hydrogens (tertiary/aromatic N) is 2. The Kier molecular flexibility index (Phi) is 5.30. The number of nitro benzene ring substituents is 1. The van der Waals surface area contributed by atoms with Crippen molar-refractivity contribution in [3.05, 3.63) is 73.2 Å². The van der Waals surface area contributed by atoms with Crippen LogP contribution in [0.15, 0.2) is 52.0 Å². The zero-order valence-electron chi connectivity index (χ0n) is 10.8. The first-order valence-electron chi connectivity index (χ1n) is 6.01. The van der Waals surface area contributed by atoms with Crippen molar-refractivity contribution in [1.29, 1.82) is 0 Å². The van der Waals surface area contributed by atoms with Gasteiger partial charge < -0.3 is 5.43 Å². The second-order valence-corrected chi connectivity index (χ2v) is 5.41. The van der Waals surface area contributed by atoms with Gasteiger partial charge in [-0.3, -0.25) is 10.1 Å². The van der Waals surface area contributed by atoms with Crippen LogP contribution in [-0.2, 0) is 6.54 Å². The zero-order valence-corrected chi connectivity index (χ0v) is 13.1. The Labute approximate surface area is 134 Å². The van der Waals surface area contributed by atoms with Crippen LogP contribution in [-0.4, -0.2) is 11.1 Å². The first-order chi connectivity index (χ1) is 10.1. The van der Waals surface area contributed by atoms with Gasteiger partial charge in [0.15, 0.2) is 0 Å². The summed E-state index contributed by atoms with van der Waals surface area (Å²) in [6.07, 6.45) is 1.59. The Balaban J connectivity index is 1.99. The summed E-state index contributed by atoms with van der Waals surface area (Å²) in [5.74, 6) is 0. The Morgan fingerprint density at radius 1 is 1.33 bits per heavy atom. The number of halogens is 2. The number of nitrogens with one attached hydrogen (secondary N) is 1. The molecule has 0 radical (unpaired) electrons. The molecule has 21 heavy (non-hydrogen) atoms.